The summed E-state index contributed by atoms with van der Waals surface area (Å²) in [6.45, 7) is 0. The minimum atomic E-state index is -0.735. The zero-order valence-corrected chi connectivity index (χ0v) is 24.4. The number of hydrogen-bond acceptors (Lipinski definition) is 1. The van der Waals surface area contributed by atoms with Gasteiger partial charge >= 0.3 is 0 Å². The number of fused-ring (bicyclic) bond motifs is 7. The van der Waals surface area contributed by atoms with Crippen molar-refractivity contribution in [3.8, 4) is 33.4 Å². The van der Waals surface area contributed by atoms with Crippen molar-refractivity contribution in [1.29, 1.82) is 0 Å². The molecule has 1 nitrogen and oxygen atoms in total. The van der Waals surface area contributed by atoms with Crippen molar-refractivity contribution in [2.75, 3.05) is 0 Å². The van der Waals surface area contributed by atoms with Gasteiger partial charge in [0.05, 0.1) is 20.6 Å². The molecule has 0 radical (unpaired) electrons. The molecule has 0 amide bonds. The lowest BCUT2D eigenvalue weighted by Gasteiger charge is -2.18. The number of benzene rings is 9. The zero-order valence-electron chi connectivity index (χ0n) is 39.4. The van der Waals surface area contributed by atoms with Gasteiger partial charge in [0.15, 0.2) is 0 Å². The molecule has 10 aromatic rings. The van der Waals surface area contributed by atoms with E-state index in [0.29, 0.717) is 16.7 Å². The summed E-state index contributed by atoms with van der Waals surface area (Å²) < 4.78 is 140. The van der Waals surface area contributed by atoms with E-state index in [-0.39, 0.29) is 32.7 Å². The Morgan fingerprint density at radius 1 is 0.404 bits per heavy atom. The van der Waals surface area contributed by atoms with E-state index in [1.54, 1.807) is 24.3 Å². The molecule has 0 unspecified atom stereocenters. The highest BCUT2D eigenvalue weighted by atomic mass is 16.3. The summed E-state index contributed by atoms with van der Waals surface area (Å²) in [5.41, 5.74) is 2.47. The van der Waals surface area contributed by atoms with Crippen molar-refractivity contribution in [3.05, 3.63) is 169 Å². The average molecular weight is 612 g/mol. The lowest BCUT2D eigenvalue weighted by atomic mass is 9.85. The molecule has 0 saturated heterocycles. The van der Waals surface area contributed by atoms with Gasteiger partial charge in [0.25, 0.3) is 0 Å². The topological polar surface area (TPSA) is 13.1 Å². The van der Waals surface area contributed by atoms with Crippen LogP contribution < -0.4 is 0 Å². The molecule has 1 aromatic heterocycles. The Labute approximate surface area is 293 Å². The normalized spacial score (nSPS) is 16.3. The van der Waals surface area contributed by atoms with Crippen LogP contribution in [0.25, 0.3) is 98.4 Å². The first-order valence-corrected chi connectivity index (χ1v) is 15.0. The Hall–Kier alpha value is -6.18. The van der Waals surface area contributed by atoms with Gasteiger partial charge in [-0.15, -0.1) is 0 Å². The molecule has 0 aliphatic carbocycles. The monoisotopic (exact) mass is 611 g/mol. The predicted octanol–water partition coefficient (Wildman–Crippen LogP) is 13.2. The third-order valence-corrected chi connectivity index (χ3v) is 8.72. The predicted molar refractivity (Wildman–Crippen MR) is 200 cm³/mol. The minimum absolute atomic E-state index is 0.0367. The highest BCUT2D eigenvalue weighted by Gasteiger charge is 2.18. The number of hydrogen-bond donors (Lipinski definition) is 0. The van der Waals surface area contributed by atoms with Crippen LogP contribution in [0.2, 0.25) is 0 Å². The first-order valence-electron chi connectivity index (χ1n) is 22.5. The van der Waals surface area contributed by atoms with Crippen LogP contribution in [-0.2, 0) is 0 Å². The fraction of sp³-hybridized carbons (Fsp3) is 0. The van der Waals surface area contributed by atoms with E-state index >= 15 is 0 Å². The maximum Gasteiger partial charge on any atom is 0.136 e. The molecule has 0 spiro atoms. The van der Waals surface area contributed by atoms with E-state index in [1.165, 1.54) is 0 Å². The maximum atomic E-state index is 9.43. The number of rotatable bonds is 3. The van der Waals surface area contributed by atoms with Gasteiger partial charge in [0.1, 0.15) is 11.2 Å². The Bertz CT molecular complexity index is 3610. The van der Waals surface area contributed by atoms with Crippen molar-refractivity contribution in [2.45, 2.75) is 0 Å². The fourth-order valence-corrected chi connectivity index (χ4v) is 6.64. The molecule has 218 valence electrons. The van der Waals surface area contributed by atoms with Gasteiger partial charge in [0, 0.05) is 10.8 Å². The van der Waals surface area contributed by atoms with Gasteiger partial charge in [-0.1, -0.05) is 145 Å². The lowest BCUT2D eigenvalue weighted by molar-refractivity contribution is 0.669. The van der Waals surface area contributed by atoms with Gasteiger partial charge in [-0.05, 0) is 101 Å². The van der Waals surface area contributed by atoms with Crippen LogP contribution in [0.15, 0.2) is 174 Å². The SMILES string of the molecule is [2H]c1c([2H])c([2H])c2c([2H])c(-c3c4c([2H])c([2H])c([2H])c([2H])c4c(-c4ccc(-c5cccc6oc7cc8ccccc8cc7c56)cc4)c4c([2H])c([2H])c([2H])c([2H])c34)c([2H])c([2H])c2c1[2H]. The van der Waals surface area contributed by atoms with E-state index in [0.717, 1.165) is 32.7 Å². The van der Waals surface area contributed by atoms with Crippen molar-refractivity contribution < 1.29 is 25.0 Å². The molecule has 0 bridgehead atoms. The standard InChI is InChI=1S/C46H28O/c1-2-11-32-26-35(25-20-29(32)10-1)45-39-16-7-5-14-37(39)44(38-15-6-8-17-40(38)45)31-23-21-30(22-24-31)36-18-9-19-42-46(36)41-27-33-12-3-4-13-34(33)28-43(41)47-42/h1-28H/i1D,2D,5D,6D,7D,8D,10D,11D,14D,15D,16D,17D,20D,25D,26D. The van der Waals surface area contributed by atoms with Crippen LogP contribution in [0.5, 0.6) is 0 Å². The molecule has 1 heterocycles. The Balaban J connectivity index is 1.34. The third-order valence-electron chi connectivity index (χ3n) is 8.72. The molecule has 9 aromatic carbocycles. The molecule has 0 aliphatic heterocycles. The molecule has 1 heteroatoms. The molecule has 47 heavy (non-hydrogen) atoms. The van der Waals surface area contributed by atoms with E-state index < -0.39 is 107 Å². The number of furan rings is 1. The largest absolute Gasteiger partial charge is 0.456 e. The van der Waals surface area contributed by atoms with Crippen LogP contribution in [0.4, 0.5) is 0 Å². The first-order chi connectivity index (χ1) is 29.5. The van der Waals surface area contributed by atoms with Gasteiger partial charge in [-0.2, -0.15) is 0 Å². The van der Waals surface area contributed by atoms with Crippen LogP contribution >= 0.6 is 0 Å². The smallest absolute Gasteiger partial charge is 0.136 e. The van der Waals surface area contributed by atoms with Crippen LogP contribution in [-0.4, -0.2) is 0 Å². The molecule has 0 aliphatic rings. The van der Waals surface area contributed by atoms with E-state index in [4.69, 9.17) is 16.8 Å². The van der Waals surface area contributed by atoms with Gasteiger partial charge in [0.2, 0.25) is 0 Å². The van der Waals surface area contributed by atoms with Crippen LogP contribution in [0.1, 0.15) is 20.6 Å². The summed E-state index contributed by atoms with van der Waals surface area (Å²) in [6.07, 6.45) is 0. The Kier molecular flexibility index (Phi) is 3.33. The Morgan fingerprint density at radius 3 is 1.70 bits per heavy atom. The van der Waals surface area contributed by atoms with E-state index in [2.05, 4.69) is 6.07 Å². The summed E-state index contributed by atoms with van der Waals surface area (Å²) >= 11 is 0. The summed E-state index contributed by atoms with van der Waals surface area (Å²) in [6, 6.07) is 14.8. The maximum absolute atomic E-state index is 9.43. The van der Waals surface area contributed by atoms with E-state index in [1.807, 2.05) is 48.5 Å². The zero-order chi connectivity index (χ0) is 44.0. The summed E-state index contributed by atoms with van der Waals surface area (Å²) in [4.78, 5) is 0. The second kappa shape index (κ2) is 10.2. The van der Waals surface area contributed by atoms with E-state index in [9.17, 15) is 8.22 Å². The van der Waals surface area contributed by atoms with Crippen molar-refractivity contribution in [3.63, 3.8) is 0 Å². The highest BCUT2D eigenvalue weighted by Crippen LogP contribution is 2.45. The van der Waals surface area contributed by atoms with Gasteiger partial charge in [-0.25, -0.2) is 0 Å². The summed E-state index contributed by atoms with van der Waals surface area (Å²) in [5.74, 6) is 0. The van der Waals surface area contributed by atoms with Crippen molar-refractivity contribution in [1.82, 2.24) is 0 Å². The average Bonchev–Trinajstić information content (AvgIpc) is 3.64. The van der Waals surface area contributed by atoms with Crippen molar-refractivity contribution in [2.24, 2.45) is 0 Å². The van der Waals surface area contributed by atoms with Crippen LogP contribution in [0, 0.1) is 0 Å². The summed E-state index contributed by atoms with van der Waals surface area (Å²) in [7, 11) is 0. The fourth-order valence-electron chi connectivity index (χ4n) is 6.64. The molecular formula is C46H28O. The molecular weight excluding hydrogens is 569 g/mol. The molecule has 0 atom stereocenters. The molecule has 10 rings (SSSR count). The minimum Gasteiger partial charge on any atom is -0.456 e. The van der Waals surface area contributed by atoms with Crippen LogP contribution in [0.3, 0.4) is 0 Å². The molecule has 0 fully saturated rings. The third kappa shape index (κ3) is 4.03. The van der Waals surface area contributed by atoms with Crippen molar-refractivity contribution >= 4 is 65.0 Å². The molecule has 0 N–H and O–H groups in total. The lowest BCUT2D eigenvalue weighted by Crippen LogP contribution is -1.91. The quantitative estimate of drug-likeness (QED) is 0.181. The first kappa shape index (κ1) is 15.4. The second-order valence-corrected chi connectivity index (χ2v) is 11.3. The molecule has 0 saturated carbocycles. The highest BCUT2D eigenvalue weighted by molar-refractivity contribution is 6.22. The second-order valence-electron chi connectivity index (χ2n) is 11.3. The van der Waals surface area contributed by atoms with Gasteiger partial charge in [-0.3, -0.25) is 0 Å². The summed E-state index contributed by atoms with van der Waals surface area (Å²) in [5, 5.41) is 2.06. The van der Waals surface area contributed by atoms with Gasteiger partial charge < -0.3 is 4.42 Å². The Morgan fingerprint density at radius 2 is 1.00 bits per heavy atom.